The number of aromatic amines is 1. The molecule has 1 unspecified atom stereocenters. The number of aromatic nitrogens is 2. The molecule has 0 aliphatic carbocycles. The van der Waals surface area contributed by atoms with E-state index in [1.54, 1.807) is 12.4 Å². The van der Waals surface area contributed by atoms with Gasteiger partial charge in [-0.1, -0.05) is 0 Å². The van der Waals surface area contributed by atoms with Crippen LogP contribution in [0.25, 0.3) is 0 Å². The van der Waals surface area contributed by atoms with E-state index in [9.17, 15) is 9.59 Å². The van der Waals surface area contributed by atoms with Crippen molar-refractivity contribution < 1.29 is 14.7 Å². The summed E-state index contributed by atoms with van der Waals surface area (Å²) < 4.78 is 0. The lowest BCUT2D eigenvalue weighted by Gasteiger charge is -2.23. The van der Waals surface area contributed by atoms with E-state index in [4.69, 9.17) is 5.11 Å². The highest BCUT2D eigenvalue weighted by Gasteiger charge is 2.16. The molecule has 0 aliphatic rings. The number of hydrogen-bond acceptors (Lipinski definition) is 3. The monoisotopic (exact) mass is 254 g/mol. The lowest BCUT2D eigenvalue weighted by molar-refractivity contribution is -0.137. The molecule has 1 rings (SSSR count). The highest BCUT2D eigenvalue weighted by molar-refractivity contribution is 5.75. The van der Waals surface area contributed by atoms with Gasteiger partial charge in [0.2, 0.25) is 0 Å². The van der Waals surface area contributed by atoms with E-state index in [2.05, 4.69) is 15.5 Å². The summed E-state index contributed by atoms with van der Waals surface area (Å²) in [6, 6.07) is -0.442. The van der Waals surface area contributed by atoms with Crippen molar-refractivity contribution in [2.24, 2.45) is 0 Å². The van der Waals surface area contributed by atoms with Gasteiger partial charge < -0.3 is 15.3 Å². The maximum Gasteiger partial charge on any atom is 0.317 e. The number of H-pyrrole nitrogens is 1. The van der Waals surface area contributed by atoms with Crippen molar-refractivity contribution in [1.82, 2.24) is 20.4 Å². The highest BCUT2D eigenvalue weighted by atomic mass is 16.4. The molecule has 0 fully saturated rings. The SMILES string of the molecule is CCN(CCC(=O)O)C(=O)NC(C)c1cn[nH]c1. The van der Waals surface area contributed by atoms with Crippen molar-refractivity contribution in [3.63, 3.8) is 0 Å². The number of carbonyl (C=O) groups is 2. The third-order valence-corrected chi connectivity index (χ3v) is 2.62. The fourth-order valence-electron chi connectivity index (χ4n) is 1.49. The number of nitrogens with zero attached hydrogens (tertiary/aromatic N) is 2. The smallest absolute Gasteiger partial charge is 0.317 e. The first-order valence-corrected chi connectivity index (χ1v) is 5.80. The van der Waals surface area contributed by atoms with Crippen LogP contribution in [0.4, 0.5) is 4.79 Å². The van der Waals surface area contributed by atoms with E-state index in [0.29, 0.717) is 6.54 Å². The second kappa shape index (κ2) is 6.63. The van der Waals surface area contributed by atoms with Gasteiger partial charge in [-0.25, -0.2) is 4.79 Å². The van der Waals surface area contributed by atoms with Gasteiger partial charge in [0.25, 0.3) is 0 Å². The molecule has 0 bridgehead atoms. The Balaban J connectivity index is 2.49. The second-order valence-corrected chi connectivity index (χ2v) is 3.93. The van der Waals surface area contributed by atoms with Gasteiger partial charge in [0.15, 0.2) is 0 Å². The van der Waals surface area contributed by atoms with E-state index in [0.717, 1.165) is 5.56 Å². The molecular formula is C11H18N4O3. The first-order valence-electron chi connectivity index (χ1n) is 5.80. The molecule has 2 amide bonds. The fraction of sp³-hybridized carbons (Fsp3) is 0.545. The molecule has 1 atom stereocenters. The fourth-order valence-corrected chi connectivity index (χ4v) is 1.49. The quantitative estimate of drug-likeness (QED) is 0.704. The number of aliphatic carboxylic acids is 1. The topological polar surface area (TPSA) is 98.3 Å². The molecule has 1 aromatic rings. The van der Waals surface area contributed by atoms with Crippen LogP contribution in [0.3, 0.4) is 0 Å². The van der Waals surface area contributed by atoms with Gasteiger partial charge in [-0.2, -0.15) is 5.10 Å². The molecule has 7 heteroatoms. The molecule has 18 heavy (non-hydrogen) atoms. The molecule has 0 saturated heterocycles. The van der Waals surface area contributed by atoms with Crippen molar-refractivity contribution in [3.05, 3.63) is 18.0 Å². The lowest BCUT2D eigenvalue weighted by Crippen LogP contribution is -2.41. The van der Waals surface area contributed by atoms with Gasteiger partial charge in [0.1, 0.15) is 0 Å². The zero-order valence-corrected chi connectivity index (χ0v) is 10.5. The largest absolute Gasteiger partial charge is 0.481 e. The number of carboxylic acids is 1. The number of hydrogen-bond donors (Lipinski definition) is 3. The van der Waals surface area contributed by atoms with Crippen molar-refractivity contribution >= 4 is 12.0 Å². The van der Waals surface area contributed by atoms with Gasteiger partial charge in [-0.15, -0.1) is 0 Å². The Labute approximate surface area is 105 Å². The molecular weight excluding hydrogens is 236 g/mol. The number of amides is 2. The number of carbonyl (C=O) groups excluding carboxylic acids is 1. The maximum absolute atomic E-state index is 11.9. The Bertz CT molecular complexity index is 391. The second-order valence-electron chi connectivity index (χ2n) is 3.93. The lowest BCUT2D eigenvalue weighted by atomic mass is 10.2. The van der Waals surface area contributed by atoms with E-state index in [-0.39, 0.29) is 25.0 Å². The summed E-state index contributed by atoms with van der Waals surface area (Å²) in [6.07, 6.45) is 3.29. The van der Waals surface area contributed by atoms with Crippen LogP contribution < -0.4 is 5.32 Å². The summed E-state index contributed by atoms with van der Waals surface area (Å²) in [7, 11) is 0. The Morgan fingerprint density at radius 3 is 2.83 bits per heavy atom. The normalized spacial score (nSPS) is 11.9. The Kier molecular flexibility index (Phi) is 5.16. The predicted molar refractivity (Wildman–Crippen MR) is 65.0 cm³/mol. The minimum Gasteiger partial charge on any atom is -0.481 e. The molecule has 1 heterocycles. The number of rotatable bonds is 6. The highest BCUT2D eigenvalue weighted by Crippen LogP contribution is 2.09. The average Bonchev–Trinajstić information content (AvgIpc) is 2.82. The van der Waals surface area contributed by atoms with Crippen LogP contribution in [0.2, 0.25) is 0 Å². The summed E-state index contributed by atoms with van der Waals surface area (Å²) in [6.45, 7) is 4.32. The first-order chi connectivity index (χ1) is 8.54. The van der Waals surface area contributed by atoms with Crippen LogP contribution in [-0.4, -0.2) is 45.3 Å². The summed E-state index contributed by atoms with van der Waals surface area (Å²) in [5, 5.41) is 17.9. The Hall–Kier alpha value is -2.05. The van der Waals surface area contributed by atoms with Crippen molar-refractivity contribution in [2.45, 2.75) is 26.3 Å². The van der Waals surface area contributed by atoms with E-state index < -0.39 is 5.97 Å². The number of urea groups is 1. The molecule has 100 valence electrons. The van der Waals surface area contributed by atoms with Gasteiger partial charge >= 0.3 is 12.0 Å². The van der Waals surface area contributed by atoms with Crippen molar-refractivity contribution in [1.29, 1.82) is 0 Å². The minimum absolute atomic E-state index is 0.0542. The number of nitrogens with one attached hydrogen (secondary N) is 2. The summed E-state index contributed by atoms with van der Waals surface area (Å²) in [5.41, 5.74) is 0.873. The molecule has 0 aliphatic heterocycles. The van der Waals surface area contributed by atoms with Crippen LogP contribution >= 0.6 is 0 Å². The zero-order chi connectivity index (χ0) is 13.5. The summed E-state index contributed by atoms with van der Waals surface area (Å²) >= 11 is 0. The third-order valence-electron chi connectivity index (χ3n) is 2.62. The van der Waals surface area contributed by atoms with Crippen molar-refractivity contribution in [3.8, 4) is 0 Å². The number of carboxylic acid groups (broad SMARTS) is 1. The molecule has 0 spiro atoms. The van der Waals surface area contributed by atoms with Crippen LogP contribution in [0.5, 0.6) is 0 Å². The molecule has 0 saturated carbocycles. The predicted octanol–water partition coefficient (Wildman–Crippen LogP) is 0.977. The van der Waals surface area contributed by atoms with Crippen LogP contribution in [-0.2, 0) is 4.79 Å². The van der Waals surface area contributed by atoms with Crippen LogP contribution in [0.15, 0.2) is 12.4 Å². The molecule has 7 nitrogen and oxygen atoms in total. The molecule has 3 N–H and O–H groups in total. The van der Waals surface area contributed by atoms with Crippen LogP contribution in [0, 0.1) is 0 Å². The average molecular weight is 254 g/mol. The van der Waals surface area contributed by atoms with Gasteiger partial charge in [-0.3, -0.25) is 9.89 Å². The zero-order valence-electron chi connectivity index (χ0n) is 10.5. The first kappa shape index (κ1) is 14.0. The third kappa shape index (κ3) is 4.08. The van der Waals surface area contributed by atoms with E-state index >= 15 is 0 Å². The summed E-state index contributed by atoms with van der Waals surface area (Å²) in [5.74, 6) is -0.913. The van der Waals surface area contributed by atoms with Gasteiger partial charge in [0, 0.05) is 24.8 Å². The van der Waals surface area contributed by atoms with Gasteiger partial charge in [0.05, 0.1) is 18.7 Å². The maximum atomic E-state index is 11.9. The molecule has 1 aromatic heterocycles. The molecule has 0 radical (unpaired) electrons. The Morgan fingerprint density at radius 2 is 2.33 bits per heavy atom. The van der Waals surface area contributed by atoms with E-state index in [1.807, 2.05) is 13.8 Å². The van der Waals surface area contributed by atoms with Crippen molar-refractivity contribution in [2.75, 3.05) is 13.1 Å². The van der Waals surface area contributed by atoms with Gasteiger partial charge in [-0.05, 0) is 13.8 Å². The minimum atomic E-state index is -0.913. The Morgan fingerprint density at radius 1 is 1.61 bits per heavy atom. The summed E-state index contributed by atoms with van der Waals surface area (Å²) in [4.78, 5) is 23.8. The van der Waals surface area contributed by atoms with Crippen LogP contribution in [0.1, 0.15) is 31.9 Å². The standard InChI is InChI=1S/C11H18N4O3/c1-3-15(5-4-10(16)17)11(18)14-8(2)9-6-12-13-7-9/h6-8H,3-5H2,1-2H3,(H,12,13)(H,14,18)(H,16,17). The molecule has 0 aromatic carbocycles. The van der Waals surface area contributed by atoms with E-state index in [1.165, 1.54) is 4.90 Å².